The van der Waals surface area contributed by atoms with Crippen molar-refractivity contribution in [1.82, 2.24) is 0 Å². The van der Waals surface area contributed by atoms with E-state index in [0.29, 0.717) is 0 Å². The van der Waals surface area contributed by atoms with Gasteiger partial charge in [0.2, 0.25) is 0 Å². The monoisotopic (exact) mass is 180 g/mol. The first-order valence-electron chi connectivity index (χ1n) is 5.74. The first-order chi connectivity index (χ1) is 6.97. The van der Waals surface area contributed by atoms with Gasteiger partial charge in [0.1, 0.15) is 0 Å². The van der Waals surface area contributed by atoms with Gasteiger partial charge in [-0.3, -0.25) is 0 Å². The van der Waals surface area contributed by atoms with Gasteiger partial charge in [-0.2, -0.15) is 0 Å². The number of rotatable bonds is 0. The summed E-state index contributed by atoms with van der Waals surface area (Å²) in [6, 6.07) is 9.18. The molecule has 1 aromatic rings. The summed E-state index contributed by atoms with van der Waals surface area (Å²) in [4.78, 5) is 0. The van der Waals surface area contributed by atoms with Crippen LogP contribution in [-0.2, 0) is 0 Å². The van der Waals surface area contributed by atoms with Gasteiger partial charge in [0.25, 0.3) is 0 Å². The minimum absolute atomic E-state index is 0.881. The summed E-state index contributed by atoms with van der Waals surface area (Å²) < 4.78 is 0. The molecule has 0 heteroatoms. The Morgan fingerprint density at radius 2 is 1.29 bits per heavy atom. The molecule has 0 nitrogen and oxygen atoms in total. The quantitative estimate of drug-likeness (QED) is 0.538. The highest BCUT2D eigenvalue weighted by molar-refractivity contribution is 5.53. The summed E-state index contributed by atoms with van der Waals surface area (Å²) in [6.07, 6.45) is 5.01. The van der Waals surface area contributed by atoms with Crippen LogP contribution in [-0.4, -0.2) is 0 Å². The molecule has 0 amide bonds. The molecule has 14 heavy (non-hydrogen) atoms. The largest absolute Gasteiger partial charge is 0.0842 e. The number of benzene rings is 1. The lowest BCUT2D eigenvalue weighted by Gasteiger charge is -2.31. The van der Waals surface area contributed by atoms with E-state index in [9.17, 15) is 0 Å². The summed E-state index contributed by atoms with van der Waals surface area (Å²) in [5, 5.41) is 0. The minimum Gasteiger partial charge on any atom is -0.0842 e. The molecule has 0 saturated heterocycles. The van der Waals surface area contributed by atoms with Crippen molar-refractivity contribution in [3.05, 3.63) is 47.5 Å². The van der Waals surface area contributed by atoms with Crippen LogP contribution in [0.25, 0.3) is 0 Å². The molecule has 68 valence electrons. The Morgan fingerprint density at radius 1 is 0.714 bits per heavy atom. The van der Waals surface area contributed by atoms with Crippen LogP contribution >= 0.6 is 0 Å². The molecule has 0 aromatic heterocycles. The van der Waals surface area contributed by atoms with Crippen LogP contribution in [0.4, 0.5) is 0 Å². The van der Waals surface area contributed by atoms with Crippen LogP contribution in [0.15, 0.2) is 36.4 Å². The highest BCUT2D eigenvalue weighted by Crippen LogP contribution is 2.79. The molecule has 1 aromatic carbocycles. The predicted octanol–water partition coefficient (Wildman–Crippen LogP) is 2.93. The van der Waals surface area contributed by atoms with Gasteiger partial charge in [0, 0.05) is 0 Å². The van der Waals surface area contributed by atoms with Gasteiger partial charge in [-0.05, 0) is 46.6 Å². The normalized spacial score (nSPS) is 53.4. The highest BCUT2D eigenvalue weighted by Gasteiger charge is 2.71. The third kappa shape index (κ3) is 0.454. The van der Waals surface area contributed by atoms with Crippen molar-refractivity contribution in [1.29, 1.82) is 0 Å². The van der Waals surface area contributed by atoms with Crippen LogP contribution in [0.1, 0.15) is 23.0 Å². The lowest BCUT2D eigenvalue weighted by Crippen LogP contribution is -2.20. The molecule has 5 aliphatic rings. The molecular formula is C14H12. The van der Waals surface area contributed by atoms with E-state index in [4.69, 9.17) is 0 Å². The van der Waals surface area contributed by atoms with Crippen molar-refractivity contribution < 1.29 is 0 Å². The first-order valence-corrected chi connectivity index (χ1v) is 5.74. The van der Waals surface area contributed by atoms with Gasteiger partial charge in [-0.1, -0.05) is 36.4 Å². The number of hydrogen-bond acceptors (Lipinski definition) is 0. The van der Waals surface area contributed by atoms with E-state index in [-0.39, 0.29) is 0 Å². The van der Waals surface area contributed by atoms with E-state index in [1.165, 1.54) is 0 Å². The molecule has 0 radical (unpaired) electrons. The molecule has 4 atom stereocenters. The van der Waals surface area contributed by atoms with Crippen LogP contribution in [0.3, 0.4) is 0 Å². The molecule has 2 fully saturated rings. The first kappa shape index (κ1) is 6.44. The Bertz CT molecular complexity index is 451. The van der Waals surface area contributed by atoms with Crippen molar-refractivity contribution in [3.63, 3.8) is 0 Å². The van der Waals surface area contributed by atoms with Crippen molar-refractivity contribution in [2.75, 3.05) is 0 Å². The van der Waals surface area contributed by atoms with Crippen molar-refractivity contribution >= 4 is 0 Å². The minimum atomic E-state index is 0.881. The van der Waals surface area contributed by atoms with E-state index >= 15 is 0 Å². The van der Waals surface area contributed by atoms with Crippen LogP contribution < -0.4 is 0 Å². The fourth-order valence-electron chi connectivity index (χ4n) is 4.79. The average Bonchev–Trinajstić information content (AvgIpc) is 2.79. The zero-order valence-electron chi connectivity index (χ0n) is 7.93. The SMILES string of the molecule is C1=CC2C3c4ccccc4C4C(C13)C24. The zero-order valence-corrected chi connectivity index (χ0v) is 7.93. The Morgan fingerprint density at radius 3 is 1.93 bits per heavy atom. The fraction of sp³-hybridized carbons (Fsp3) is 0.429. The maximum Gasteiger partial charge on any atom is -0.00273 e. The maximum absolute atomic E-state index is 2.51. The van der Waals surface area contributed by atoms with E-state index in [0.717, 1.165) is 35.5 Å². The van der Waals surface area contributed by atoms with E-state index in [2.05, 4.69) is 36.4 Å². The molecule has 0 N–H and O–H groups in total. The summed E-state index contributed by atoms with van der Waals surface area (Å²) in [6.45, 7) is 0. The summed E-state index contributed by atoms with van der Waals surface area (Å²) in [5.41, 5.74) is 3.38. The van der Waals surface area contributed by atoms with E-state index < -0.39 is 0 Å². The van der Waals surface area contributed by atoms with Crippen molar-refractivity contribution in [2.24, 2.45) is 23.7 Å². The highest BCUT2D eigenvalue weighted by atomic mass is 14.7. The van der Waals surface area contributed by atoms with Crippen molar-refractivity contribution in [3.8, 4) is 0 Å². The average molecular weight is 180 g/mol. The molecule has 0 aliphatic heterocycles. The standard InChI is InChI=1S/C14H12/c1-2-4-8-7(3-1)11-9-5-6-10(11)14-12(8)13(9)14/h1-6,9-14H. The summed E-state index contributed by atoms with van der Waals surface area (Å²) in [5.74, 6) is 5.76. The Hall–Kier alpha value is -1.04. The molecule has 5 aliphatic carbocycles. The third-order valence-corrected chi connectivity index (χ3v) is 5.12. The Kier molecular flexibility index (Phi) is 0.789. The van der Waals surface area contributed by atoms with Crippen LogP contribution in [0, 0.1) is 23.7 Å². The second-order valence-electron chi connectivity index (χ2n) is 5.37. The maximum atomic E-state index is 2.51. The van der Waals surface area contributed by atoms with Gasteiger partial charge in [-0.15, -0.1) is 0 Å². The number of allylic oxidation sites excluding steroid dienone is 2. The van der Waals surface area contributed by atoms with Gasteiger partial charge in [0.05, 0.1) is 0 Å². The molecule has 6 bridgehead atoms. The molecule has 0 spiro atoms. The third-order valence-electron chi connectivity index (χ3n) is 5.12. The Labute approximate surface area is 83.6 Å². The van der Waals surface area contributed by atoms with Gasteiger partial charge < -0.3 is 0 Å². The zero-order chi connectivity index (χ0) is 8.86. The van der Waals surface area contributed by atoms with Gasteiger partial charge in [-0.25, -0.2) is 0 Å². The molecule has 4 unspecified atom stereocenters. The topological polar surface area (TPSA) is 0 Å². The van der Waals surface area contributed by atoms with Crippen LogP contribution in [0.2, 0.25) is 0 Å². The van der Waals surface area contributed by atoms with E-state index in [1.807, 2.05) is 0 Å². The predicted molar refractivity (Wildman–Crippen MR) is 55.0 cm³/mol. The molecule has 0 heterocycles. The summed E-state index contributed by atoms with van der Waals surface area (Å²) >= 11 is 0. The van der Waals surface area contributed by atoms with Gasteiger partial charge in [0.15, 0.2) is 0 Å². The molecular weight excluding hydrogens is 168 g/mol. The number of hydrogen-bond donors (Lipinski definition) is 0. The molecule has 6 rings (SSSR count). The van der Waals surface area contributed by atoms with Gasteiger partial charge >= 0.3 is 0 Å². The Balaban J connectivity index is 1.87. The lowest BCUT2D eigenvalue weighted by molar-refractivity contribution is 0.426. The second kappa shape index (κ2) is 1.71. The smallest absolute Gasteiger partial charge is 0.00273 e. The van der Waals surface area contributed by atoms with Crippen molar-refractivity contribution in [2.45, 2.75) is 11.8 Å². The van der Waals surface area contributed by atoms with E-state index in [1.54, 1.807) is 11.1 Å². The second-order valence-corrected chi connectivity index (χ2v) is 5.37. The van der Waals surface area contributed by atoms with Crippen LogP contribution in [0.5, 0.6) is 0 Å². The molecule has 2 saturated carbocycles. The lowest BCUT2D eigenvalue weighted by atomic mass is 9.73. The summed E-state index contributed by atoms with van der Waals surface area (Å²) in [7, 11) is 0. The fourth-order valence-corrected chi connectivity index (χ4v) is 4.79.